The second kappa shape index (κ2) is 4.97. The maximum Gasteiger partial charge on any atom is 0.226 e. The molecular weight excluding hydrogens is 190 g/mol. The highest BCUT2D eigenvalue weighted by Crippen LogP contribution is 2.29. The van der Waals surface area contributed by atoms with Gasteiger partial charge in [-0.15, -0.1) is 0 Å². The topological polar surface area (TPSA) is 40.5 Å². The Morgan fingerprint density at radius 1 is 1.13 bits per heavy atom. The molecule has 3 heteroatoms. The molecule has 2 aliphatic rings. The summed E-state index contributed by atoms with van der Waals surface area (Å²) in [5.41, 5.74) is 0. The molecule has 2 fully saturated rings. The number of piperidine rings is 1. The second-order valence-corrected chi connectivity index (χ2v) is 4.85. The molecule has 0 bridgehead atoms. The molecule has 0 aromatic heterocycles. The molecular formula is C12H21NO2. The fraction of sp³-hybridized carbons (Fsp3) is 0.917. The van der Waals surface area contributed by atoms with Crippen LogP contribution in [0.1, 0.15) is 44.9 Å². The van der Waals surface area contributed by atoms with Gasteiger partial charge in [0.15, 0.2) is 0 Å². The van der Waals surface area contributed by atoms with Crippen LogP contribution in [0.4, 0.5) is 0 Å². The molecule has 1 aliphatic heterocycles. The molecule has 3 nitrogen and oxygen atoms in total. The number of aliphatic hydroxyl groups is 1. The summed E-state index contributed by atoms with van der Waals surface area (Å²) in [7, 11) is 0. The van der Waals surface area contributed by atoms with Crippen molar-refractivity contribution in [2.45, 2.75) is 51.0 Å². The van der Waals surface area contributed by atoms with Gasteiger partial charge >= 0.3 is 0 Å². The quantitative estimate of drug-likeness (QED) is 0.753. The fourth-order valence-electron chi connectivity index (χ4n) is 2.89. The molecule has 1 amide bonds. The van der Waals surface area contributed by atoms with E-state index < -0.39 is 0 Å². The molecule has 1 saturated heterocycles. The molecule has 0 aromatic rings. The van der Waals surface area contributed by atoms with Crippen molar-refractivity contribution in [2.75, 3.05) is 13.2 Å². The number of amides is 1. The maximum absolute atomic E-state index is 12.2. The van der Waals surface area contributed by atoms with E-state index in [1.165, 1.54) is 12.8 Å². The Morgan fingerprint density at radius 3 is 2.47 bits per heavy atom. The highest BCUT2D eigenvalue weighted by Gasteiger charge is 2.32. The summed E-state index contributed by atoms with van der Waals surface area (Å²) in [5, 5.41) is 9.26. The zero-order valence-electron chi connectivity index (χ0n) is 9.32. The SMILES string of the molecule is O=C(C1CCCC1)N1CCCCC1CO. The monoisotopic (exact) mass is 211 g/mol. The van der Waals surface area contributed by atoms with E-state index in [1.54, 1.807) is 0 Å². The lowest BCUT2D eigenvalue weighted by Crippen LogP contribution is -2.47. The maximum atomic E-state index is 12.2. The molecule has 0 spiro atoms. The number of carbonyl (C=O) groups excluding carboxylic acids is 1. The molecule has 15 heavy (non-hydrogen) atoms. The van der Waals surface area contributed by atoms with Crippen LogP contribution in [0.2, 0.25) is 0 Å². The van der Waals surface area contributed by atoms with E-state index in [-0.39, 0.29) is 18.6 Å². The Bertz CT molecular complexity index is 224. The molecule has 1 atom stereocenters. The highest BCUT2D eigenvalue weighted by atomic mass is 16.3. The van der Waals surface area contributed by atoms with Crippen molar-refractivity contribution in [3.63, 3.8) is 0 Å². The zero-order valence-corrected chi connectivity index (χ0v) is 9.32. The number of likely N-dealkylation sites (tertiary alicyclic amines) is 1. The number of carbonyl (C=O) groups is 1. The van der Waals surface area contributed by atoms with Crippen LogP contribution in [0.5, 0.6) is 0 Å². The van der Waals surface area contributed by atoms with Crippen molar-refractivity contribution in [1.29, 1.82) is 0 Å². The van der Waals surface area contributed by atoms with E-state index in [1.807, 2.05) is 4.90 Å². The summed E-state index contributed by atoms with van der Waals surface area (Å²) in [4.78, 5) is 14.1. The number of nitrogens with zero attached hydrogens (tertiary/aromatic N) is 1. The van der Waals surface area contributed by atoms with Crippen molar-refractivity contribution in [3.8, 4) is 0 Å². The predicted molar refractivity (Wildman–Crippen MR) is 58.4 cm³/mol. The van der Waals surface area contributed by atoms with Gasteiger partial charge in [-0.3, -0.25) is 4.79 Å². The van der Waals surface area contributed by atoms with Crippen LogP contribution < -0.4 is 0 Å². The van der Waals surface area contributed by atoms with Crippen LogP contribution in [0.3, 0.4) is 0 Å². The van der Waals surface area contributed by atoms with Crippen LogP contribution in [-0.2, 0) is 4.79 Å². The minimum absolute atomic E-state index is 0.104. The molecule has 0 radical (unpaired) electrons. The van der Waals surface area contributed by atoms with Gasteiger partial charge in [0.05, 0.1) is 12.6 Å². The third-order valence-corrected chi connectivity index (χ3v) is 3.83. The molecule has 1 aliphatic carbocycles. The third-order valence-electron chi connectivity index (χ3n) is 3.83. The summed E-state index contributed by atoms with van der Waals surface area (Å²) in [5.74, 6) is 0.573. The Hall–Kier alpha value is -0.570. The van der Waals surface area contributed by atoms with Crippen molar-refractivity contribution >= 4 is 5.91 Å². The summed E-state index contributed by atoms with van der Waals surface area (Å²) in [6.07, 6.45) is 7.77. The van der Waals surface area contributed by atoms with Gasteiger partial charge < -0.3 is 10.0 Å². The normalized spacial score (nSPS) is 28.3. The van der Waals surface area contributed by atoms with E-state index >= 15 is 0 Å². The average Bonchev–Trinajstić information content (AvgIpc) is 2.81. The van der Waals surface area contributed by atoms with Gasteiger partial charge in [0.1, 0.15) is 0 Å². The largest absolute Gasteiger partial charge is 0.394 e. The first kappa shape index (κ1) is 10.9. The predicted octanol–water partition coefficient (Wildman–Crippen LogP) is 1.55. The Labute approximate surface area is 91.5 Å². The first-order valence-electron chi connectivity index (χ1n) is 6.24. The van der Waals surface area contributed by atoms with Gasteiger partial charge in [-0.25, -0.2) is 0 Å². The Balaban J connectivity index is 1.96. The average molecular weight is 211 g/mol. The number of aliphatic hydroxyl groups excluding tert-OH is 1. The summed E-state index contributed by atoms with van der Waals surface area (Å²) < 4.78 is 0. The number of rotatable bonds is 2. The molecule has 86 valence electrons. The lowest BCUT2D eigenvalue weighted by molar-refractivity contribution is -0.140. The van der Waals surface area contributed by atoms with Crippen molar-refractivity contribution in [1.82, 2.24) is 4.90 Å². The molecule has 1 N–H and O–H groups in total. The van der Waals surface area contributed by atoms with E-state index in [4.69, 9.17) is 0 Å². The van der Waals surface area contributed by atoms with E-state index in [2.05, 4.69) is 0 Å². The van der Waals surface area contributed by atoms with Gasteiger partial charge in [-0.2, -0.15) is 0 Å². The summed E-state index contributed by atoms with van der Waals surface area (Å²) in [6.45, 7) is 0.999. The van der Waals surface area contributed by atoms with Crippen LogP contribution in [0.15, 0.2) is 0 Å². The Morgan fingerprint density at radius 2 is 1.80 bits per heavy atom. The Kier molecular flexibility index (Phi) is 3.62. The van der Waals surface area contributed by atoms with Crippen molar-refractivity contribution in [2.24, 2.45) is 5.92 Å². The number of hydrogen-bond donors (Lipinski definition) is 1. The summed E-state index contributed by atoms with van der Waals surface area (Å²) >= 11 is 0. The van der Waals surface area contributed by atoms with Crippen molar-refractivity contribution in [3.05, 3.63) is 0 Å². The van der Waals surface area contributed by atoms with Crippen LogP contribution >= 0.6 is 0 Å². The van der Waals surface area contributed by atoms with Crippen LogP contribution in [-0.4, -0.2) is 35.1 Å². The third kappa shape index (κ3) is 2.33. The zero-order chi connectivity index (χ0) is 10.7. The minimum atomic E-state index is 0.104. The molecule has 1 unspecified atom stereocenters. The first-order valence-corrected chi connectivity index (χ1v) is 6.24. The van der Waals surface area contributed by atoms with Crippen LogP contribution in [0.25, 0.3) is 0 Å². The fourth-order valence-corrected chi connectivity index (χ4v) is 2.89. The van der Waals surface area contributed by atoms with Gasteiger partial charge in [0.25, 0.3) is 0 Å². The number of hydrogen-bond acceptors (Lipinski definition) is 2. The van der Waals surface area contributed by atoms with Crippen molar-refractivity contribution < 1.29 is 9.90 Å². The van der Waals surface area contributed by atoms with E-state index in [0.717, 1.165) is 38.6 Å². The molecule has 1 heterocycles. The standard InChI is InChI=1S/C12H21NO2/c14-9-11-7-3-4-8-13(11)12(15)10-5-1-2-6-10/h10-11,14H,1-9H2. The molecule has 0 aromatic carbocycles. The highest BCUT2D eigenvalue weighted by molar-refractivity contribution is 5.79. The van der Waals surface area contributed by atoms with Gasteiger partial charge in [0.2, 0.25) is 5.91 Å². The van der Waals surface area contributed by atoms with E-state index in [9.17, 15) is 9.90 Å². The lowest BCUT2D eigenvalue weighted by Gasteiger charge is -2.36. The second-order valence-electron chi connectivity index (χ2n) is 4.85. The van der Waals surface area contributed by atoms with Gasteiger partial charge in [0, 0.05) is 12.5 Å². The van der Waals surface area contributed by atoms with Gasteiger partial charge in [-0.1, -0.05) is 12.8 Å². The molecule has 2 rings (SSSR count). The molecule has 1 saturated carbocycles. The summed E-state index contributed by atoms with van der Waals surface area (Å²) in [6, 6.07) is 0.104. The van der Waals surface area contributed by atoms with Crippen LogP contribution in [0, 0.1) is 5.92 Å². The van der Waals surface area contributed by atoms with E-state index in [0.29, 0.717) is 5.91 Å². The minimum Gasteiger partial charge on any atom is -0.394 e. The smallest absolute Gasteiger partial charge is 0.226 e. The lowest BCUT2D eigenvalue weighted by atomic mass is 9.99. The van der Waals surface area contributed by atoms with Gasteiger partial charge in [-0.05, 0) is 32.1 Å². The first-order chi connectivity index (χ1) is 7.33.